The number of hydrogen-bond acceptors (Lipinski definition) is 5. The van der Waals surface area contributed by atoms with Gasteiger partial charge in [-0.2, -0.15) is 0 Å². The molecule has 0 aromatic heterocycles. The van der Waals surface area contributed by atoms with E-state index in [2.05, 4.69) is 4.90 Å². The van der Waals surface area contributed by atoms with Crippen LogP contribution >= 0.6 is 12.4 Å². The third-order valence-corrected chi connectivity index (χ3v) is 8.62. The van der Waals surface area contributed by atoms with Gasteiger partial charge in [0, 0.05) is 71.5 Å². The zero-order chi connectivity index (χ0) is 26.0. The first kappa shape index (κ1) is 28.9. The third kappa shape index (κ3) is 5.47. The van der Waals surface area contributed by atoms with Gasteiger partial charge in [0.25, 0.3) is 0 Å². The minimum Gasteiger partial charge on any atom is -0.381 e. The Morgan fingerprint density at radius 2 is 1.76 bits per heavy atom. The van der Waals surface area contributed by atoms with Crippen molar-refractivity contribution in [3.63, 3.8) is 0 Å². The van der Waals surface area contributed by atoms with E-state index >= 15 is 0 Å². The van der Waals surface area contributed by atoms with Crippen LogP contribution in [0.25, 0.3) is 0 Å². The minimum atomic E-state index is -0.654. The molecule has 3 aliphatic rings. The molecular formula is C29H37ClF2N2O4. The molecule has 3 fully saturated rings. The molecule has 9 heteroatoms. The van der Waals surface area contributed by atoms with E-state index in [1.165, 1.54) is 12.1 Å². The van der Waals surface area contributed by atoms with Crippen molar-refractivity contribution < 1.29 is 27.8 Å². The monoisotopic (exact) mass is 550 g/mol. The molecule has 3 aliphatic heterocycles. The summed E-state index contributed by atoms with van der Waals surface area (Å²) >= 11 is 0. The van der Waals surface area contributed by atoms with Crippen molar-refractivity contribution in [2.24, 2.45) is 5.92 Å². The summed E-state index contributed by atoms with van der Waals surface area (Å²) in [7, 11) is 3.33. The highest BCUT2D eigenvalue weighted by molar-refractivity contribution is 5.85. The molecule has 0 N–H and O–H groups in total. The summed E-state index contributed by atoms with van der Waals surface area (Å²) in [5.74, 6) is -1.98. The molecule has 0 unspecified atom stereocenters. The smallest absolute Gasteiger partial charge is 0.227 e. The van der Waals surface area contributed by atoms with Crippen LogP contribution in [0.15, 0.2) is 48.5 Å². The van der Waals surface area contributed by atoms with Crippen molar-refractivity contribution in [3.8, 4) is 0 Å². The van der Waals surface area contributed by atoms with Crippen molar-refractivity contribution in [2.75, 3.05) is 53.6 Å². The van der Waals surface area contributed by atoms with E-state index in [4.69, 9.17) is 14.2 Å². The number of nitrogens with zero attached hydrogens (tertiary/aromatic N) is 2. The lowest BCUT2D eigenvalue weighted by atomic mass is 9.80. The SMILES string of the molecule is CO[C@H]1CN(C(=O)[C@@H]2CN(C3CCOCC3)C[C@H]2c2ccc(F)cc2F)CC[C@]1(OC)c1ccccc1.Cl. The van der Waals surface area contributed by atoms with Crippen molar-refractivity contribution in [1.82, 2.24) is 9.80 Å². The van der Waals surface area contributed by atoms with Gasteiger partial charge in [0.1, 0.15) is 23.3 Å². The van der Waals surface area contributed by atoms with Crippen LogP contribution in [0.4, 0.5) is 8.78 Å². The molecule has 38 heavy (non-hydrogen) atoms. The largest absolute Gasteiger partial charge is 0.381 e. The number of hydrogen-bond donors (Lipinski definition) is 0. The van der Waals surface area contributed by atoms with Gasteiger partial charge in [0.2, 0.25) is 5.91 Å². The number of methoxy groups -OCH3 is 2. The maximum absolute atomic E-state index is 15.0. The lowest BCUT2D eigenvalue weighted by Gasteiger charge is -2.47. The highest BCUT2D eigenvalue weighted by Gasteiger charge is 2.49. The highest BCUT2D eigenvalue weighted by atomic mass is 35.5. The Balaban J connectivity index is 0.00000336. The van der Waals surface area contributed by atoms with Crippen LogP contribution in [0.1, 0.15) is 36.3 Å². The fourth-order valence-corrected chi connectivity index (χ4v) is 6.55. The van der Waals surface area contributed by atoms with Gasteiger partial charge in [-0.25, -0.2) is 8.78 Å². The van der Waals surface area contributed by atoms with E-state index in [0.717, 1.165) is 24.5 Å². The quantitative estimate of drug-likeness (QED) is 0.535. The second-order valence-electron chi connectivity index (χ2n) is 10.4. The summed E-state index contributed by atoms with van der Waals surface area (Å²) in [6.45, 7) is 3.38. The number of piperidine rings is 1. The molecule has 2 aromatic carbocycles. The third-order valence-electron chi connectivity index (χ3n) is 8.62. The fourth-order valence-electron chi connectivity index (χ4n) is 6.55. The van der Waals surface area contributed by atoms with E-state index in [0.29, 0.717) is 57.4 Å². The molecule has 0 bridgehead atoms. The summed E-state index contributed by atoms with van der Waals surface area (Å²) in [5, 5.41) is 0. The molecule has 0 saturated carbocycles. The second-order valence-corrected chi connectivity index (χ2v) is 10.4. The summed E-state index contributed by atoms with van der Waals surface area (Å²) in [6, 6.07) is 14.0. The number of likely N-dealkylation sites (tertiary alicyclic amines) is 2. The van der Waals surface area contributed by atoms with Crippen molar-refractivity contribution in [3.05, 3.63) is 71.3 Å². The summed E-state index contributed by atoms with van der Waals surface area (Å²) < 4.78 is 46.2. The van der Waals surface area contributed by atoms with Crippen LogP contribution in [-0.2, 0) is 24.6 Å². The Bertz CT molecular complexity index is 1090. The normalized spacial score (nSPS) is 28.7. The molecule has 0 spiro atoms. The summed E-state index contributed by atoms with van der Waals surface area (Å²) in [6.07, 6.45) is 2.01. The van der Waals surface area contributed by atoms with Crippen LogP contribution in [0, 0.1) is 17.6 Å². The molecule has 0 aliphatic carbocycles. The van der Waals surface area contributed by atoms with Crippen molar-refractivity contribution >= 4 is 18.3 Å². The standard InChI is InChI=1S/C29H36F2N2O4.ClH/c1-35-27-19-32(13-12-29(27,36-2)20-6-4-3-5-7-20)28(34)25-18-33(22-10-14-37-15-11-22)17-24(25)23-9-8-21(30)16-26(23)31;/h3-9,16,22,24-25,27H,10-15,17-19H2,1-2H3;1H/t24-,25+,27-,29-;/m0./s1. The number of amides is 1. The zero-order valence-corrected chi connectivity index (χ0v) is 22.8. The van der Waals surface area contributed by atoms with Gasteiger partial charge >= 0.3 is 0 Å². The summed E-state index contributed by atoms with van der Waals surface area (Å²) in [5.41, 5.74) is 0.776. The molecule has 2 aromatic rings. The van der Waals surface area contributed by atoms with E-state index in [9.17, 15) is 13.6 Å². The molecule has 6 nitrogen and oxygen atoms in total. The average Bonchev–Trinajstić information content (AvgIpc) is 3.38. The topological polar surface area (TPSA) is 51.2 Å². The molecule has 3 saturated heterocycles. The van der Waals surface area contributed by atoms with Gasteiger partial charge in [0.05, 0.1) is 12.5 Å². The number of carbonyl (C=O) groups excluding carboxylic acids is 1. The van der Waals surface area contributed by atoms with Gasteiger partial charge in [-0.1, -0.05) is 36.4 Å². The molecule has 0 radical (unpaired) electrons. The van der Waals surface area contributed by atoms with Crippen LogP contribution in [-0.4, -0.2) is 81.5 Å². The van der Waals surface area contributed by atoms with Crippen LogP contribution < -0.4 is 0 Å². The maximum atomic E-state index is 15.0. The maximum Gasteiger partial charge on any atom is 0.227 e. The van der Waals surface area contributed by atoms with Crippen LogP contribution in [0.5, 0.6) is 0 Å². The zero-order valence-electron chi connectivity index (χ0n) is 22.0. The van der Waals surface area contributed by atoms with E-state index in [-0.39, 0.29) is 30.3 Å². The number of carbonyl (C=O) groups is 1. The van der Waals surface area contributed by atoms with Gasteiger partial charge in [-0.15, -0.1) is 12.4 Å². The fraction of sp³-hybridized carbons (Fsp3) is 0.552. The Morgan fingerprint density at radius 1 is 1.03 bits per heavy atom. The average molecular weight is 551 g/mol. The second kappa shape index (κ2) is 12.4. The van der Waals surface area contributed by atoms with Gasteiger partial charge in [-0.05, 0) is 30.0 Å². The Morgan fingerprint density at radius 3 is 2.42 bits per heavy atom. The Labute approximate surface area is 229 Å². The molecule has 3 heterocycles. The number of benzene rings is 2. The van der Waals surface area contributed by atoms with Gasteiger partial charge < -0.3 is 19.1 Å². The molecule has 4 atom stereocenters. The predicted octanol–water partition coefficient (Wildman–Crippen LogP) is 4.37. The number of halogens is 3. The molecule has 208 valence electrons. The first-order valence-electron chi connectivity index (χ1n) is 13.2. The Kier molecular flexibility index (Phi) is 9.42. The van der Waals surface area contributed by atoms with Crippen molar-refractivity contribution in [2.45, 2.75) is 42.9 Å². The van der Waals surface area contributed by atoms with E-state index in [1.807, 2.05) is 35.2 Å². The van der Waals surface area contributed by atoms with E-state index in [1.54, 1.807) is 14.2 Å². The predicted molar refractivity (Wildman–Crippen MR) is 142 cm³/mol. The van der Waals surface area contributed by atoms with E-state index < -0.39 is 23.2 Å². The Hall–Kier alpha value is -2.10. The molecule has 5 rings (SSSR count). The van der Waals surface area contributed by atoms with Gasteiger partial charge in [-0.3, -0.25) is 9.69 Å². The van der Waals surface area contributed by atoms with Gasteiger partial charge in [0.15, 0.2) is 0 Å². The van der Waals surface area contributed by atoms with Crippen molar-refractivity contribution in [1.29, 1.82) is 0 Å². The minimum absolute atomic E-state index is 0. The first-order chi connectivity index (χ1) is 18.0. The number of ether oxygens (including phenoxy) is 3. The highest BCUT2D eigenvalue weighted by Crippen LogP contribution is 2.41. The molecule has 1 amide bonds. The lowest BCUT2D eigenvalue weighted by Crippen LogP contribution is -2.57. The number of rotatable bonds is 6. The lowest BCUT2D eigenvalue weighted by molar-refractivity contribution is -0.170. The molecular weight excluding hydrogens is 514 g/mol. The van der Waals surface area contributed by atoms with Crippen LogP contribution in [0.3, 0.4) is 0 Å². The summed E-state index contributed by atoms with van der Waals surface area (Å²) in [4.78, 5) is 18.2. The van der Waals surface area contributed by atoms with Crippen LogP contribution in [0.2, 0.25) is 0 Å². The first-order valence-corrected chi connectivity index (χ1v) is 13.2.